The van der Waals surface area contributed by atoms with E-state index in [1.54, 1.807) is 30.5 Å². The average molecular weight is 436 g/mol. The van der Waals surface area contributed by atoms with Crippen LogP contribution in [0.2, 0.25) is 5.02 Å². The fraction of sp³-hybridized carbons (Fsp3) is 0.280. The smallest absolute Gasteiger partial charge is 0.307 e. The first-order valence-electron chi connectivity index (χ1n) is 10.3. The van der Waals surface area contributed by atoms with Crippen LogP contribution in [0.4, 0.5) is 5.69 Å². The van der Waals surface area contributed by atoms with Gasteiger partial charge in [0.25, 0.3) is 0 Å². The maximum Gasteiger partial charge on any atom is 0.307 e. The summed E-state index contributed by atoms with van der Waals surface area (Å²) in [7, 11) is 0. The molecular formula is C25H26ClN3O2. The molecule has 1 aromatic heterocycles. The molecule has 1 aliphatic rings. The van der Waals surface area contributed by atoms with Gasteiger partial charge in [-0.25, -0.2) is 5.43 Å². The van der Waals surface area contributed by atoms with E-state index in [1.165, 1.54) is 16.8 Å². The second kappa shape index (κ2) is 7.89. The van der Waals surface area contributed by atoms with Crippen molar-refractivity contribution in [1.82, 2.24) is 5.43 Å². The fourth-order valence-corrected chi connectivity index (χ4v) is 4.48. The van der Waals surface area contributed by atoms with Gasteiger partial charge in [0, 0.05) is 28.2 Å². The molecule has 0 atom stereocenters. The number of hydrogen-bond acceptors (Lipinski definition) is 4. The van der Waals surface area contributed by atoms with Gasteiger partial charge in [-0.3, -0.25) is 4.79 Å². The number of nitrogens with zero attached hydrogens (tertiary/aromatic N) is 2. The molecule has 0 spiro atoms. The van der Waals surface area contributed by atoms with Gasteiger partial charge < -0.3 is 9.32 Å². The molecule has 6 heteroatoms. The third-order valence-electron chi connectivity index (χ3n) is 5.75. The summed E-state index contributed by atoms with van der Waals surface area (Å²) in [4.78, 5) is 14.8. The minimum atomic E-state index is -0.408. The number of benzene rings is 2. The number of likely N-dealkylation sites (N-methyl/N-ethyl adjacent to an activating group) is 1. The molecule has 1 amide bonds. The van der Waals surface area contributed by atoms with Crippen molar-refractivity contribution >= 4 is 46.0 Å². The number of halogens is 1. The van der Waals surface area contributed by atoms with Crippen LogP contribution in [0.5, 0.6) is 0 Å². The summed E-state index contributed by atoms with van der Waals surface area (Å²) in [5.41, 5.74) is 8.84. The fourth-order valence-electron chi connectivity index (χ4n) is 4.30. The van der Waals surface area contributed by atoms with Gasteiger partial charge in [0.1, 0.15) is 5.58 Å². The van der Waals surface area contributed by atoms with Crippen LogP contribution in [0, 0.1) is 6.92 Å². The highest BCUT2D eigenvalue weighted by Crippen LogP contribution is 2.39. The maximum absolute atomic E-state index is 12.4. The van der Waals surface area contributed by atoms with E-state index < -0.39 is 5.91 Å². The Balaban J connectivity index is 1.56. The van der Waals surface area contributed by atoms with E-state index in [0.29, 0.717) is 10.6 Å². The lowest BCUT2D eigenvalue weighted by molar-refractivity contribution is 0.0929. The van der Waals surface area contributed by atoms with Crippen LogP contribution in [0.15, 0.2) is 52.0 Å². The van der Waals surface area contributed by atoms with Crippen molar-refractivity contribution in [3.05, 3.63) is 69.9 Å². The maximum atomic E-state index is 12.4. The predicted octanol–water partition coefficient (Wildman–Crippen LogP) is 6.18. The highest BCUT2D eigenvalue weighted by Gasteiger charge is 2.30. The van der Waals surface area contributed by atoms with Crippen LogP contribution < -0.4 is 10.3 Å². The summed E-state index contributed by atoms with van der Waals surface area (Å²) >= 11 is 6.00. The molecule has 2 heterocycles. The van der Waals surface area contributed by atoms with Crippen molar-refractivity contribution in [2.24, 2.45) is 5.10 Å². The SMILES string of the molecule is CCN1c2cc(C)c(/C=N/NC(=O)c3cc4cc(Cl)ccc4o3)cc2C(C)=CC1(C)C. The molecule has 2 aromatic carbocycles. The quantitative estimate of drug-likeness (QED) is 0.393. The Morgan fingerprint density at radius 1 is 1.23 bits per heavy atom. The van der Waals surface area contributed by atoms with E-state index in [1.807, 2.05) is 0 Å². The number of nitrogens with one attached hydrogen (secondary N) is 1. The summed E-state index contributed by atoms with van der Waals surface area (Å²) in [6.45, 7) is 11.8. The number of aryl methyl sites for hydroxylation is 1. The Morgan fingerprint density at radius 2 is 2.00 bits per heavy atom. The molecule has 3 aromatic rings. The number of hydrogen-bond donors (Lipinski definition) is 1. The molecular weight excluding hydrogens is 410 g/mol. The van der Waals surface area contributed by atoms with Gasteiger partial charge >= 0.3 is 5.91 Å². The molecule has 1 N–H and O–H groups in total. The minimum absolute atomic E-state index is 0.0291. The molecule has 0 aliphatic carbocycles. The predicted molar refractivity (Wildman–Crippen MR) is 128 cm³/mol. The van der Waals surface area contributed by atoms with Crippen LogP contribution in [0.25, 0.3) is 16.5 Å². The van der Waals surface area contributed by atoms with Crippen LogP contribution in [-0.2, 0) is 0 Å². The highest BCUT2D eigenvalue weighted by atomic mass is 35.5. The first kappa shape index (κ1) is 21.2. The minimum Gasteiger partial charge on any atom is -0.451 e. The van der Waals surface area contributed by atoms with E-state index in [2.05, 4.69) is 68.3 Å². The lowest BCUT2D eigenvalue weighted by Crippen LogP contribution is -2.45. The van der Waals surface area contributed by atoms with Gasteiger partial charge in [-0.1, -0.05) is 17.7 Å². The Morgan fingerprint density at radius 3 is 2.74 bits per heavy atom. The highest BCUT2D eigenvalue weighted by molar-refractivity contribution is 6.31. The molecule has 5 nitrogen and oxygen atoms in total. The van der Waals surface area contributed by atoms with Gasteiger partial charge in [0.2, 0.25) is 0 Å². The molecule has 0 saturated carbocycles. The van der Waals surface area contributed by atoms with Crippen molar-refractivity contribution in [2.45, 2.75) is 40.2 Å². The van der Waals surface area contributed by atoms with E-state index in [4.69, 9.17) is 16.0 Å². The Kier molecular flexibility index (Phi) is 5.40. The Hall–Kier alpha value is -3.05. The molecule has 31 heavy (non-hydrogen) atoms. The normalized spacial score (nSPS) is 15.3. The lowest BCUT2D eigenvalue weighted by Gasteiger charge is -2.43. The molecule has 0 fully saturated rings. The Bertz CT molecular complexity index is 1240. The number of carbonyl (C=O) groups excluding carboxylic acids is 1. The zero-order valence-electron chi connectivity index (χ0n) is 18.4. The topological polar surface area (TPSA) is 57.8 Å². The molecule has 160 valence electrons. The number of furan rings is 1. The summed E-state index contributed by atoms with van der Waals surface area (Å²) in [5.74, 6) is -0.217. The molecule has 0 radical (unpaired) electrons. The van der Waals surface area contributed by atoms with Gasteiger partial charge in [-0.2, -0.15) is 5.10 Å². The van der Waals surface area contributed by atoms with Crippen molar-refractivity contribution in [1.29, 1.82) is 0 Å². The summed E-state index contributed by atoms with van der Waals surface area (Å²) in [5, 5.41) is 5.53. The van der Waals surface area contributed by atoms with Crippen LogP contribution >= 0.6 is 11.6 Å². The van der Waals surface area contributed by atoms with Gasteiger partial charge in [-0.15, -0.1) is 0 Å². The van der Waals surface area contributed by atoms with Crippen molar-refractivity contribution in [3.8, 4) is 0 Å². The van der Waals surface area contributed by atoms with Crippen LogP contribution in [0.1, 0.15) is 54.9 Å². The molecule has 1 aliphatic heterocycles. The lowest BCUT2D eigenvalue weighted by atomic mass is 9.87. The summed E-state index contributed by atoms with van der Waals surface area (Å²) < 4.78 is 5.59. The third-order valence-corrected chi connectivity index (χ3v) is 5.99. The van der Waals surface area contributed by atoms with Gasteiger partial charge in [0.15, 0.2) is 5.76 Å². The molecule has 0 saturated heterocycles. The van der Waals surface area contributed by atoms with Crippen LogP contribution in [0.3, 0.4) is 0 Å². The van der Waals surface area contributed by atoms with Crippen molar-refractivity contribution < 1.29 is 9.21 Å². The average Bonchev–Trinajstić information content (AvgIpc) is 3.11. The zero-order valence-corrected chi connectivity index (χ0v) is 19.2. The Labute approximate surface area is 187 Å². The number of anilines is 1. The van der Waals surface area contributed by atoms with Crippen molar-refractivity contribution in [2.75, 3.05) is 11.4 Å². The molecule has 0 unspecified atom stereocenters. The van der Waals surface area contributed by atoms with Crippen molar-refractivity contribution in [3.63, 3.8) is 0 Å². The molecule has 0 bridgehead atoms. The number of allylic oxidation sites excluding steroid dienone is 1. The second-order valence-electron chi connectivity index (χ2n) is 8.44. The molecule has 4 rings (SSSR count). The number of fused-ring (bicyclic) bond motifs is 2. The first-order chi connectivity index (χ1) is 14.7. The standard InChI is InChI=1S/C25H26ClN3O2/c1-6-29-21-9-15(2)18(11-20(21)16(3)13-25(29,4)5)14-27-28-24(30)23-12-17-10-19(26)7-8-22(17)31-23/h7-14H,6H2,1-5H3,(H,28,30)/b27-14+. The zero-order chi connectivity index (χ0) is 22.3. The van der Waals surface area contributed by atoms with E-state index in [9.17, 15) is 4.79 Å². The monoisotopic (exact) mass is 435 g/mol. The number of amides is 1. The first-order valence-corrected chi connectivity index (χ1v) is 10.7. The van der Waals surface area contributed by atoms with Gasteiger partial charge in [0.05, 0.1) is 11.8 Å². The second-order valence-corrected chi connectivity index (χ2v) is 8.88. The van der Waals surface area contributed by atoms with E-state index >= 15 is 0 Å². The summed E-state index contributed by atoms with van der Waals surface area (Å²) in [6, 6.07) is 11.2. The van der Waals surface area contributed by atoms with E-state index in [0.717, 1.165) is 23.1 Å². The van der Waals surface area contributed by atoms with Crippen LogP contribution in [-0.4, -0.2) is 24.2 Å². The van der Waals surface area contributed by atoms with Gasteiger partial charge in [-0.05, 0) is 87.7 Å². The largest absolute Gasteiger partial charge is 0.451 e. The summed E-state index contributed by atoms with van der Waals surface area (Å²) in [6.07, 6.45) is 3.97. The third kappa shape index (κ3) is 3.98. The number of carbonyl (C=O) groups is 1. The van der Waals surface area contributed by atoms with E-state index in [-0.39, 0.29) is 11.3 Å². The number of rotatable bonds is 4. The number of hydrazone groups is 1.